The third-order valence-electron chi connectivity index (χ3n) is 2.86. The van der Waals surface area contributed by atoms with E-state index in [9.17, 15) is 14.3 Å². The van der Waals surface area contributed by atoms with Gasteiger partial charge in [0.2, 0.25) is 5.91 Å². The molecule has 21 heavy (non-hydrogen) atoms. The summed E-state index contributed by atoms with van der Waals surface area (Å²) in [6.45, 7) is 2.94. The standard InChI is InChI=1S/C16H16FNO3/c1-10(19)12-7-8-15(13(17)9-12)21-16-6-4-3-5-14(16)18-11(2)20/h3-10,19H,1-2H3,(H,18,20). The van der Waals surface area contributed by atoms with Crippen LogP contribution in [0, 0.1) is 5.82 Å². The highest BCUT2D eigenvalue weighted by Crippen LogP contribution is 2.31. The number of para-hydroxylation sites is 2. The maximum Gasteiger partial charge on any atom is 0.221 e. The van der Waals surface area contributed by atoms with Gasteiger partial charge in [0, 0.05) is 6.92 Å². The van der Waals surface area contributed by atoms with Crippen LogP contribution in [0.25, 0.3) is 0 Å². The number of hydrogen-bond donors (Lipinski definition) is 2. The smallest absolute Gasteiger partial charge is 0.221 e. The van der Waals surface area contributed by atoms with Gasteiger partial charge >= 0.3 is 0 Å². The number of hydrogen-bond acceptors (Lipinski definition) is 3. The van der Waals surface area contributed by atoms with E-state index in [0.717, 1.165) is 0 Å². The van der Waals surface area contributed by atoms with E-state index in [1.807, 2.05) is 0 Å². The third kappa shape index (κ3) is 3.79. The molecule has 0 saturated carbocycles. The monoisotopic (exact) mass is 289 g/mol. The average molecular weight is 289 g/mol. The Hall–Kier alpha value is -2.40. The predicted molar refractivity (Wildman–Crippen MR) is 77.9 cm³/mol. The van der Waals surface area contributed by atoms with Gasteiger partial charge in [0.15, 0.2) is 17.3 Å². The van der Waals surface area contributed by atoms with Gasteiger partial charge in [-0.2, -0.15) is 0 Å². The number of amides is 1. The van der Waals surface area contributed by atoms with Crippen LogP contribution in [0.15, 0.2) is 42.5 Å². The summed E-state index contributed by atoms with van der Waals surface area (Å²) >= 11 is 0. The van der Waals surface area contributed by atoms with Gasteiger partial charge < -0.3 is 15.2 Å². The van der Waals surface area contributed by atoms with E-state index < -0.39 is 11.9 Å². The summed E-state index contributed by atoms with van der Waals surface area (Å²) in [4.78, 5) is 11.1. The van der Waals surface area contributed by atoms with Gasteiger partial charge in [0.25, 0.3) is 0 Å². The van der Waals surface area contributed by atoms with Gasteiger partial charge in [-0.1, -0.05) is 18.2 Å². The van der Waals surface area contributed by atoms with Crippen molar-refractivity contribution in [1.29, 1.82) is 0 Å². The maximum absolute atomic E-state index is 14.0. The zero-order chi connectivity index (χ0) is 15.4. The fourth-order valence-electron chi connectivity index (χ4n) is 1.83. The lowest BCUT2D eigenvalue weighted by Gasteiger charge is -2.13. The van der Waals surface area contributed by atoms with Gasteiger partial charge in [-0.15, -0.1) is 0 Å². The zero-order valence-electron chi connectivity index (χ0n) is 11.8. The van der Waals surface area contributed by atoms with Crippen LogP contribution < -0.4 is 10.1 Å². The lowest BCUT2D eigenvalue weighted by Crippen LogP contribution is -2.07. The average Bonchev–Trinajstić information content (AvgIpc) is 2.42. The molecule has 0 aliphatic rings. The van der Waals surface area contributed by atoms with Gasteiger partial charge in [0.05, 0.1) is 11.8 Å². The molecule has 2 aromatic rings. The highest BCUT2D eigenvalue weighted by atomic mass is 19.1. The summed E-state index contributed by atoms with van der Waals surface area (Å²) in [6.07, 6.45) is -0.750. The van der Waals surface area contributed by atoms with E-state index in [1.165, 1.54) is 19.1 Å². The van der Waals surface area contributed by atoms with Crippen molar-refractivity contribution in [2.24, 2.45) is 0 Å². The SMILES string of the molecule is CC(=O)Nc1ccccc1Oc1ccc(C(C)O)cc1F. The second kappa shape index (κ2) is 6.37. The first-order valence-electron chi connectivity index (χ1n) is 6.49. The fraction of sp³-hybridized carbons (Fsp3) is 0.188. The van der Waals surface area contributed by atoms with Crippen molar-refractivity contribution in [3.8, 4) is 11.5 Å². The summed E-state index contributed by atoms with van der Waals surface area (Å²) in [6, 6.07) is 11.0. The number of benzene rings is 2. The summed E-state index contributed by atoms with van der Waals surface area (Å²) in [5.74, 6) is -0.449. The minimum absolute atomic E-state index is 0.0252. The van der Waals surface area contributed by atoms with Crippen molar-refractivity contribution in [3.63, 3.8) is 0 Å². The molecule has 2 N–H and O–H groups in total. The first-order valence-corrected chi connectivity index (χ1v) is 6.49. The van der Waals surface area contributed by atoms with Crippen LogP contribution in [0.1, 0.15) is 25.5 Å². The number of carbonyl (C=O) groups excluding carboxylic acids is 1. The molecule has 2 aromatic carbocycles. The molecular weight excluding hydrogens is 273 g/mol. The minimum atomic E-state index is -0.750. The number of aliphatic hydroxyl groups excluding tert-OH is 1. The summed E-state index contributed by atoms with van der Waals surface area (Å²) in [7, 11) is 0. The van der Waals surface area contributed by atoms with Gasteiger partial charge in [-0.3, -0.25) is 4.79 Å². The highest BCUT2D eigenvalue weighted by molar-refractivity contribution is 5.90. The second-order valence-electron chi connectivity index (χ2n) is 4.65. The van der Waals surface area contributed by atoms with Crippen LogP contribution in [0.2, 0.25) is 0 Å². The lowest BCUT2D eigenvalue weighted by molar-refractivity contribution is -0.114. The Morgan fingerprint density at radius 1 is 1.24 bits per heavy atom. The third-order valence-corrected chi connectivity index (χ3v) is 2.86. The molecule has 0 spiro atoms. The van der Waals surface area contributed by atoms with Crippen molar-refractivity contribution in [3.05, 3.63) is 53.8 Å². The van der Waals surface area contributed by atoms with Crippen LogP contribution in [0.5, 0.6) is 11.5 Å². The van der Waals surface area contributed by atoms with Crippen molar-refractivity contribution >= 4 is 11.6 Å². The lowest BCUT2D eigenvalue weighted by atomic mass is 10.1. The van der Waals surface area contributed by atoms with Crippen LogP contribution in [-0.2, 0) is 4.79 Å². The molecule has 1 amide bonds. The second-order valence-corrected chi connectivity index (χ2v) is 4.65. The normalized spacial score (nSPS) is 11.8. The summed E-state index contributed by atoms with van der Waals surface area (Å²) in [5, 5.41) is 12.0. The molecule has 0 heterocycles. The van der Waals surface area contributed by atoms with Crippen molar-refractivity contribution in [2.45, 2.75) is 20.0 Å². The predicted octanol–water partition coefficient (Wildman–Crippen LogP) is 3.63. The molecule has 0 aromatic heterocycles. The molecule has 110 valence electrons. The molecule has 0 aliphatic carbocycles. The number of rotatable bonds is 4. The topological polar surface area (TPSA) is 58.6 Å². The van der Waals surface area contributed by atoms with Crippen molar-refractivity contribution < 1.29 is 19.0 Å². The Kier molecular flexibility index (Phi) is 4.55. The van der Waals surface area contributed by atoms with Crippen LogP contribution in [0.4, 0.5) is 10.1 Å². The minimum Gasteiger partial charge on any atom is -0.452 e. The van der Waals surface area contributed by atoms with Crippen LogP contribution >= 0.6 is 0 Å². The van der Waals surface area contributed by atoms with E-state index in [4.69, 9.17) is 4.74 Å². The Labute approximate surface area is 122 Å². The van der Waals surface area contributed by atoms with Gasteiger partial charge in [-0.25, -0.2) is 4.39 Å². The molecule has 0 bridgehead atoms. The van der Waals surface area contributed by atoms with E-state index in [2.05, 4.69) is 5.32 Å². The van der Waals surface area contributed by atoms with Gasteiger partial charge in [0.1, 0.15) is 0 Å². The van der Waals surface area contributed by atoms with E-state index in [1.54, 1.807) is 37.3 Å². The molecule has 2 rings (SSSR count). The van der Waals surface area contributed by atoms with Crippen LogP contribution in [-0.4, -0.2) is 11.0 Å². The summed E-state index contributed by atoms with van der Waals surface area (Å²) < 4.78 is 19.5. The van der Waals surface area contributed by atoms with E-state index >= 15 is 0 Å². The van der Waals surface area contributed by atoms with E-state index in [-0.39, 0.29) is 11.7 Å². The largest absolute Gasteiger partial charge is 0.452 e. The number of nitrogens with one attached hydrogen (secondary N) is 1. The maximum atomic E-state index is 14.0. The quantitative estimate of drug-likeness (QED) is 0.903. The molecular formula is C16H16FNO3. The summed E-state index contributed by atoms with van der Waals surface area (Å²) in [5.41, 5.74) is 0.930. The first kappa shape index (κ1) is 15.0. The Morgan fingerprint density at radius 3 is 2.57 bits per heavy atom. The highest BCUT2D eigenvalue weighted by Gasteiger charge is 2.11. The number of anilines is 1. The number of aliphatic hydroxyl groups is 1. The first-order chi connectivity index (χ1) is 9.97. The zero-order valence-corrected chi connectivity index (χ0v) is 11.8. The number of halogens is 1. The molecule has 5 heteroatoms. The van der Waals surface area contributed by atoms with Gasteiger partial charge in [-0.05, 0) is 36.8 Å². The van der Waals surface area contributed by atoms with Crippen molar-refractivity contribution in [1.82, 2.24) is 0 Å². The Morgan fingerprint density at radius 2 is 1.95 bits per heavy atom. The molecule has 0 saturated heterocycles. The Balaban J connectivity index is 2.28. The molecule has 0 aliphatic heterocycles. The van der Waals surface area contributed by atoms with Crippen LogP contribution in [0.3, 0.4) is 0 Å². The Bertz CT molecular complexity index is 656. The molecule has 0 fully saturated rings. The molecule has 0 radical (unpaired) electrons. The molecule has 4 nitrogen and oxygen atoms in total. The number of carbonyl (C=O) groups is 1. The van der Waals surface area contributed by atoms with E-state index in [0.29, 0.717) is 17.0 Å². The number of ether oxygens (including phenoxy) is 1. The van der Waals surface area contributed by atoms with Crippen molar-refractivity contribution in [2.75, 3.05) is 5.32 Å². The molecule has 1 unspecified atom stereocenters. The fourth-order valence-corrected chi connectivity index (χ4v) is 1.83. The molecule has 1 atom stereocenters.